The minimum atomic E-state index is -0.245. The fourth-order valence-electron chi connectivity index (χ4n) is 4.50. The van der Waals surface area contributed by atoms with Gasteiger partial charge in [-0.05, 0) is 42.8 Å². The predicted octanol–water partition coefficient (Wildman–Crippen LogP) is 4.77. The second-order valence-electron chi connectivity index (χ2n) is 8.75. The molecule has 5 rings (SSSR count). The van der Waals surface area contributed by atoms with E-state index in [0.29, 0.717) is 39.1 Å². The van der Waals surface area contributed by atoms with Gasteiger partial charge in [-0.25, -0.2) is 4.98 Å². The lowest BCUT2D eigenvalue weighted by Crippen LogP contribution is -2.50. The summed E-state index contributed by atoms with van der Waals surface area (Å²) in [5.74, 6) is 0.731. The summed E-state index contributed by atoms with van der Waals surface area (Å²) in [6, 6.07) is 14.0. The smallest absolute Gasteiger partial charge is 0.265 e. The first kappa shape index (κ1) is 23.7. The lowest BCUT2D eigenvalue weighted by molar-refractivity contribution is 0.0982. The number of anilines is 5. The summed E-state index contributed by atoms with van der Waals surface area (Å²) in [6.07, 6.45) is 2.66. The van der Waals surface area contributed by atoms with Crippen LogP contribution in [0.3, 0.4) is 0 Å². The third-order valence-electron chi connectivity index (χ3n) is 6.40. The normalized spacial score (nSPS) is 18.0. The van der Waals surface area contributed by atoms with Gasteiger partial charge in [0.05, 0.1) is 22.4 Å². The van der Waals surface area contributed by atoms with Crippen molar-refractivity contribution in [2.75, 3.05) is 53.4 Å². The van der Waals surface area contributed by atoms with Gasteiger partial charge < -0.3 is 20.4 Å². The van der Waals surface area contributed by atoms with Crippen molar-refractivity contribution < 1.29 is 4.79 Å². The highest BCUT2D eigenvalue weighted by Gasteiger charge is 2.32. The summed E-state index contributed by atoms with van der Waals surface area (Å²) in [5, 5.41) is 7.63. The average Bonchev–Trinajstić information content (AvgIpc) is 2.87. The molecule has 2 N–H and O–H groups in total. The summed E-state index contributed by atoms with van der Waals surface area (Å²) < 4.78 is 0. The SMILES string of the molecule is CC[C@H]1CN(c2ccc(Nc3ncc4c(n3)N(C)CN(c3c(Cl)cccc3Cl)C4=O)cc2)CCN1. The highest BCUT2D eigenvalue weighted by Crippen LogP contribution is 2.37. The molecule has 0 aliphatic carbocycles. The van der Waals surface area contributed by atoms with Crippen LogP contribution in [0.2, 0.25) is 10.0 Å². The van der Waals surface area contributed by atoms with Crippen molar-refractivity contribution in [1.82, 2.24) is 15.3 Å². The number of carbonyl (C=O) groups excluding carboxylic acids is 1. The fourth-order valence-corrected chi connectivity index (χ4v) is 5.10. The van der Waals surface area contributed by atoms with Crippen molar-refractivity contribution in [3.8, 4) is 0 Å². The molecule has 0 unspecified atom stereocenters. The van der Waals surface area contributed by atoms with E-state index in [1.807, 2.05) is 24.1 Å². The molecule has 8 nitrogen and oxygen atoms in total. The van der Waals surface area contributed by atoms with E-state index in [1.54, 1.807) is 29.3 Å². The van der Waals surface area contributed by atoms with Crippen LogP contribution in [-0.4, -0.2) is 55.3 Å². The number of piperazine rings is 1. The summed E-state index contributed by atoms with van der Waals surface area (Å²) in [7, 11) is 1.87. The van der Waals surface area contributed by atoms with Gasteiger partial charge in [-0.1, -0.05) is 36.2 Å². The van der Waals surface area contributed by atoms with Gasteiger partial charge in [0, 0.05) is 50.3 Å². The third-order valence-corrected chi connectivity index (χ3v) is 7.01. The Morgan fingerprint density at radius 3 is 2.60 bits per heavy atom. The van der Waals surface area contributed by atoms with Gasteiger partial charge in [-0.3, -0.25) is 9.69 Å². The zero-order valence-corrected chi connectivity index (χ0v) is 21.1. The van der Waals surface area contributed by atoms with Gasteiger partial charge in [-0.2, -0.15) is 4.98 Å². The molecule has 0 saturated carbocycles. The molecule has 1 fully saturated rings. The van der Waals surface area contributed by atoms with Crippen LogP contribution in [0.5, 0.6) is 0 Å². The van der Waals surface area contributed by atoms with Crippen LogP contribution in [0.25, 0.3) is 0 Å². The molecular formula is C25H27Cl2N7O. The number of carbonyl (C=O) groups is 1. The maximum absolute atomic E-state index is 13.2. The van der Waals surface area contributed by atoms with Crippen LogP contribution >= 0.6 is 23.2 Å². The molecule has 0 radical (unpaired) electrons. The Morgan fingerprint density at radius 1 is 1.14 bits per heavy atom. The van der Waals surface area contributed by atoms with Crippen molar-refractivity contribution in [2.45, 2.75) is 19.4 Å². The Bertz CT molecular complexity index is 1220. The van der Waals surface area contributed by atoms with Crippen LogP contribution in [-0.2, 0) is 0 Å². The highest BCUT2D eigenvalue weighted by atomic mass is 35.5. The van der Waals surface area contributed by atoms with Crippen LogP contribution in [0, 0.1) is 0 Å². The Labute approximate surface area is 214 Å². The minimum Gasteiger partial charge on any atom is -0.369 e. The standard InChI is InChI=1S/C25H27Cl2N7O/c1-3-16-14-33(12-11-28-16)18-9-7-17(8-10-18)30-25-29-13-19-23(31-25)32(2)15-34(24(19)35)22-20(26)5-4-6-21(22)27/h4-10,13,16,28H,3,11-12,14-15H2,1-2H3,(H,29,30,31)/t16-/m0/s1. The summed E-state index contributed by atoms with van der Waals surface area (Å²) >= 11 is 12.7. The van der Waals surface area contributed by atoms with Crippen molar-refractivity contribution in [3.05, 3.63) is 64.3 Å². The Morgan fingerprint density at radius 2 is 1.89 bits per heavy atom. The molecule has 3 aromatic rings. The van der Waals surface area contributed by atoms with E-state index in [9.17, 15) is 4.79 Å². The zero-order chi connectivity index (χ0) is 24.5. The summed E-state index contributed by atoms with van der Waals surface area (Å²) in [6.45, 7) is 5.47. The monoisotopic (exact) mass is 511 g/mol. The van der Waals surface area contributed by atoms with Crippen LogP contribution in [0.1, 0.15) is 23.7 Å². The minimum absolute atomic E-state index is 0.245. The largest absolute Gasteiger partial charge is 0.369 e. The van der Waals surface area contributed by atoms with Crippen LogP contribution < -0.4 is 25.3 Å². The van der Waals surface area contributed by atoms with E-state index in [-0.39, 0.29) is 12.6 Å². The molecule has 182 valence electrons. The van der Waals surface area contributed by atoms with Crippen molar-refractivity contribution in [1.29, 1.82) is 0 Å². The number of aromatic nitrogens is 2. The van der Waals surface area contributed by atoms with Gasteiger partial charge in [0.15, 0.2) is 0 Å². The quantitative estimate of drug-likeness (QED) is 0.510. The number of rotatable bonds is 5. The van der Waals surface area contributed by atoms with Crippen LogP contribution in [0.15, 0.2) is 48.7 Å². The maximum Gasteiger partial charge on any atom is 0.265 e. The molecule has 0 spiro atoms. The van der Waals surface area contributed by atoms with Crippen molar-refractivity contribution in [3.63, 3.8) is 0 Å². The Kier molecular flexibility index (Phi) is 6.69. The van der Waals surface area contributed by atoms with E-state index in [4.69, 9.17) is 23.2 Å². The molecule has 1 saturated heterocycles. The number of hydrogen-bond donors (Lipinski definition) is 2. The third kappa shape index (κ3) is 4.74. The molecule has 0 bridgehead atoms. The number of benzene rings is 2. The Hall–Kier alpha value is -3.07. The van der Waals surface area contributed by atoms with Gasteiger partial charge >= 0.3 is 0 Å². The molecule has 1 atom stereocenters. The molecule has 3 heterocycles. The Balaban J connectivity index is 1.33. The van der Waals surface area contributed by atoms with E-state index >= 15 is 0 Å². The summed E-state index contributed by atoms with van der Waals surface area (Å²) in [5.41, 5.74) is 2.95. The molecule has 35 heavy (non-hydrogen) atoms. The van der Waals surface area contributed by atoms with Crippen molar-refractivity contribution in [2.24, 2.45) is 0 Å². The van der Waals surface area contributed by atoms with E-state index in [0.717, 1.165) is 31.7 Å². The number of amides is 1. The molecule has 10 heteroatoms. The first-order valence-electron chi connectivity index (χ1n) is 11.6. The lowest BCUT2D eigenvalue weighted by atomic mass is 10.1. The van der Waals surface area contributed by atoms with E-state index in [2.05, 4.69) is 44.6 Å². The van der Waals surface area contributed by atoms with Crippen molar-refractivity contribution >= 4 is 57.9 Å². The maximum atomic E-state index is 13.2. The average molecular weight is 512 g/mol. The predicted molar refractivity (Wildman–Crippen MR) is 143 cm³/mol. The second-order valence-corrected chi connectivity index (χ2v) is 9.57. The van der Waals surface area contributed by atoms with Gasteiger partial charge in [0.25, 0.3) is 5.91 Å². The fraction of sp³-hybridized carbons (Fsp3) is 0.320. The second kappa shape index (κ2) is 9.89. The molecule has 2 aliphatic rings. The number of para-hydroxylation sites is 1. The van der Waals surface area contributed by atoms with Gasteiger partial charge in [0.2, 0.25) is 5.95 Å². The number of fused-ring (bicyclic) bond motifs is 1. The van der Waals surface area contributed by atoms with Crippen LogP contribution in [0.4, 0.5) is 28.8 Å². The lowest BCUT2D eigenvalue weighted by Gasteiger charge is -2.35. The topological polar surface area (TPSA) is 76.6 Å². The zero-order valence-electron chi connectivity index (χ0n) is 19.6. The summed E-state index contributed by atoms with van der Waals surface area (Å²) in [4.78, 5) is 28.1. The molecule has 2 aromatic carbocycles. The van der Waals surface area contributed by atoms with Gasteiger partial charge in [-0.15, -0.1) is 0 Å². The number of hydrogen-bond acceptors (Lipinski definition) is 7. The van der Waals surface area contributed by atoms with E-state index < -0.39 is 0 Å². The molecular weight excluding hydrogens is 485 g/mol. The number of nitrogens with one attached hydrogen (secondary N) is 2. The highest BCUT2D eigenvalue weighted by molar-refractivity contribution is 6.40. The molecule has 1 amide bonds. The number of nitrogens with zero attached hydrogens (tertiary/aromatic N) is 5. The van der Waals surface area contributed by atoms with Gasteiger partial charge in [0.1, 0.15) is 11.4 Å². The van der Waals surface area contributed by atoms with E-state index in [1.165, 1.54) is 5.69 Å². The number of halogens is 2. The molecule has 1 aromatic heterocycles. The molecule has 2 aliphatic heterocycles. The first-order chi connectivity index (χ1) is 16.9. The first-order valence-corrected chi connectivity index (χ1v) is 12.4.